The van der Waals surface area contributed by atoms with Gasteiger partial charge in [0, 0.05) is 19.5 Å². The first-order valence-electron chi connectivity index (χ1n) is 5.60. The van der Waals surface area contributed by atoms with Gasteiger partial charge < -0.3 is 10.6 Å². The van der Waals surface area contributed by atoms with Gasteiger partial charge in [-0.2, -0.15) is 0 Å². The van der Waals surface area contributed by atoms with Gasteiger partial charge in [-0.3, -0.25) is 4.79 Å². The molecule has 0 aromatic rings. The number of hydrogen-bond donors (Lipinski definition) is 1. The molecule has 0 aromatic heterocycles. The van der Waals surface area contributed by atoms with Crippen LogP contribution in [0.4, 0.5) is 0 Å². The number of carbonyl (C=O) groups is 1. The molecule has 1 atom stereocenters. The van der Waals surface area contributed by atoms with Gasteiger partial charge in [-0.15, -0.1) is 0 Å². The van der Waals surface area contributed by atoms with Crippen molar-refractivity contribution in [2.24, 2.45) is 17.6 Å². The van der Waals surface area contributed by atoms with Crippen molar-refractivity contribution in [1.82, 2.24) is 4.90 Å². The molecule has 3 nitrogen and oxygen atoms in total. The van der Waals surface area contributed by atoms with Crippen LogP contribution in [0, 0.1) is 11.8 Å². The molecule has 0 heterocycles. The summed E-state index contributed by atoms with van der Waals surface area (Å²) in [6.07, 6.45) is 4.73. The molecule has 0 radical (unpaired) electrons. The Bertz CT molecular complexity index is 190. The smallest absolute Gasteiger partial charge is 0.225 e. The first kappa shape index (κ1) is 11.5. The molecule has 1 amide bonds. The van der Waals surface area contributed by atoms with Crippen LogP contribution >= 0.6 is 0 Å². The monoisotopic (exact) mass is 198 g/mol. The third-order valence-electron chi connectivity index (χ3n) is 3.15. The lowest BCUT2D eigenvalue weighted by atomic mass is 9.85. The van der Waals surface area contributed by atoms with Crippen molar-refractivity contribution in [2.45, 2.75) is 32.6 Å². The van der Waals surface area contributed by atoms with Crippen molar-refractivity contribution in [2.75, 3.05) is 20.1 Å². The summed E-state index contributed by atoms with van der Waals surface area (Å²) in [5, 5.41) is 0. The van der Waals surface area contributed by atoms with Gasteiger partial charge in [-0.05, 0) is 31.7 Å². The van der Waals surface area contributed by atoms with Crippen LogP contribution in [-0.2, 0) is 4.79 Å². The summed E-state index contributed by atoms with van der Waals surface area (Å²) in [5.41, 5.74) is 5.44. The average molecular weight is 198 g/mol. The van der Waals surface area contributed by atoms with Gasteiger partial charge >= 0.3 is 0 Å². The fraction of sp³-hybridized carbons (Fsp3) is 0.909. The van der Waals surface area contributed by atoms with Gasteiger partial charge in [0.25, 0.3) is 0 Å². The zero-order valence-electron chi connectivity index (χ0n) is 9.33. The predicted octanol–water partition coefficient (Wildman–Crippen LogP) is 1.23. The summed E-state index contributed by atoms with van der Waals surface area (Å²) in [6.45, 7) is 3.50. The van der Waals surface area contributed by atoms with Gasteiger partial charge in [-0.1, -0.05) is 13.3 Å². The Hall–Kier alpha value is -0.570. The van der Waals surface area contributed by atoms with Crippen LogP contribution in [0.1, 0.15) is 32.6 Å². The minimum atomic E-state index is 0.0880. The van der Waals surface area contributed by atoms with Gasteiger partial charge in [0.05, 0.1) is 0 Å². The molecule has 1 aliphatic rings. The van der Waals surface area contributed by atoms with Crippen molar-refractivity contribution in [1.29, 1.82) is 0 Å². The summed E-state index contributed by atoms with van der Waals surface area (Å²) in [5.74, 6) is 1.10. The number of nitrogens with zero attached hydrogens (tertiary/aromatic N) is 1. The van der Waals surface area contributed by atoms with E-state index >= 15 is 0 Å². The molecule has 0 aromatic carbocycles. The van der Waals surface area contributed by atoms with E-state index in [2.05, 4.69) is 0 Å². The maximum absolute atomic E-state index is 11.8. The molecular formula is C11H22N2O. The van der Waals surface area contributed by atoms with Crippen molar-refractivity contribution in [3.63, 3.8) is 0 Å². The van der Waals surface area contributed by atoms with E-state index in [1.807, 2.05) is 18.9 Å². The Morgan fingerprint density at radius 2 is 2.21 bits per heavy atom. The molecule has 2 N–H and O–H groups in total. The molecule has 1 rings (SSSR count). The van der Waals surface area contributed by atoms with Gasteiger partial charge in [0.1, 0.15) is 0 Å². The standard InChI is InChI=1S/C11H22N2O/c1-9(6-7-12)11(14)13(2)8-10-4-3-5-10/h9-10H,3-8,12H2,1-2H3. The van der Waals surface area contributed by atoms with E-state index in [0.717, 1.165) is 18.9 Å². The minimum Gasteiger partial charge on any atom is -0.345 e. The Kier molecular flexibility index (Phi) is 4.39. The third kappa shape index (κ3) is 2.98. The number of hydrogen-bond acceptors (Lipinski definition) is 2. The maximum Gasteiger partial charge on any atom is 0.225 e. The molecular weight excluding hydrogens is 176 g/mol. The van der Waals surface area contributed by atoms with Crippen molar-refractivity contribution in [3.8, 4) is 0 Å². The van der Waals surface area contributed by atoms with Crippen LogP contribution in [0.15, 0.2) is 0 Å². The lowest BCUT2D eigenvalue weighted by molar-refractivity contribution is -0.134. The summed E-state index contributed by atoms with van der Waals surface area (Å²) in [4.78, 5) is 13.7. The summed E-state index contributed by atoms with van der Waals surface area (Å²) < 4.78 is 0. The number of nitrogens with two attached hydrogens (primary N) is 1. The Labute approximate surface area is 86.6 Å². The Morgan fingerprint density at radius 1 is 1.57 bits per heavy atom. The lowest BCUT2D eigenvalue weighted by Crippen LogP contribution is -2.37. The second-order valence-electron chi connectivity index (χ2n) is 4.49. The summed E-state index contributed by atoms with van der Waals surface area (Å²) >= 11 is 0. The highest BCUT2D eigenvalue weighted by Crippen LogP contribution is 2.27. The fourth-order valence-corrected chi connectivity index (χ4v) is 1.90. The first-order chi connectivity index (χ1) is 6.65. The number of carbonyl (C=O) groups excluding carboxylic acids is 1. The second-order valence-corrected chi connectivity index (χ2v) is 4.49. The quantitative estimate of drug-likeness (QED) is 0.722. The van der Waals surface area contributed by atoms with Crippen LogP contribution in [-0.4, -0.2) is 30.9 Å². The average Bonchev–Trinajstić information content (AvgIpc) is 2.10. The predicted molar refractivity (Wildman–Crippen MR) is 57.8 cm³/mol. The molecule has 0 spiro atoms. The van der Waals surface area contributed by atoms with E-state index in [-0.39, 0.29) is 11.8 Å². The van der Waals surface area contributed by atoms with E-state index < -0.39 is 0 Å². The van der Waals surface area contributed by atoms with E-state index in [9.17, 15) is 4.79 Å². The van der Waals surface area contributed by atoms with Crippen LogP contribution in [0.2, 0.25) is 0 Å². The van der Waals surface area contributed by atoms with Crippen LogP contribution in [0.25, 0.3) is 0 Å². The van der Waals surface area contributed by atoms with E-state index in [0.29, 0.717) is 6.54 Å². The molecule has 1 fully saturated rings. The molecule has 1 unspecified atom stereocenters. The topological polar surface area (TPSA) is 46.3 Å². The van der Waals surface area contributed by atoms with Crippen molar-refractivity contribution in [3.05, 3.63) is 0 Å². The van der Waals surface area contributed by atoms with E-state index in [1.165, 1.54) is 19.3 Å². The first-order valence-corrected chi connectivity index (χ1v) is 5.60. The van der Waals surface area contributed by atoms with Gasteiger partial charge in [0.2, 0.25) is 5.91 Å². The van der Waals surface area contributed by atoms with E-state index in [4.69, 9.17) is 5.73 Å². The number of amides is 1. The fourth-order valence-electron chi connectivity index (χ4n) is 1.90. The highest BCUT2D eigenvalue weighted by Gasteiger charge is 2.23. The van der Waals surface area contributed by atoms with E-state index in [1.54, 1.807) is 0 Å². The molecule has 0 saturated heterocycles. The largest absolute Gasteiger partial charge is 0.345 e. The zero-order chi connectivity index (χ0) is 10.6. The molecule has 0 aliphatic heterocycles. The molecule has 0 bridgehead atoms. The SMILES string of the molecule is CC(CCN)C(=O)N(C)CC1CCC1. The molecule has 3 heteroatoms. The molecule has 82 valence electrons. The Balaban J connectivity index is 2.26. The summed E-state index contributed by atoms with van der Waals surface area (Å²) in [7, 11) is 1.91. The normalized spacial score (nSPS) is 18.8. The molecule has 1 saturated carbocycles. The van der Waals surface area contributed by atoms with Gasteiger partial charge in [0.15, 0.2) is 0 Å². The third-order valence-corrected chi connectivity index (χ3v) is 3.15. The summed E-state index contributed by atoms with van der Waals surface area (Å²) in [6, 6.07) is 0. The van der Waals surface area contributed by atoms with Gasteiger partial charge in [-0.25, -0.2) is 0 Å². The highest BCUT2D eigenvalue weighted by molar-refractivity contribution is 5.78. The van der Waals surface area contributed by atoms with Crippen LogP contribution < -0.4 is 5.73 Å². The second kappa shape index (κ2) is 5.35. The zero-order valence-corrected chi connectivity index (χ0v) is 9.33. The maximum atomic E-state index is 11.8. The molecule has 14 heavy (non-hydrogen) atoms. The molecule has 1 aliphatic carbocycles. The lowest BCUT2D eigenvalue weighted by Gasteiger charge is -2.31. The van der Waals surface area contributed by atoms with Crippen LogP contribution in [0.3, 0.4) is 0 Å². The minimum absolute atomic E-state index is 0.0880. The number of rotatable bonds is 5. The highest BCUT2D eigenvalue weighted by atomic mass is 16.2. The Morgan fingerprint density at radius 3 is 2.64 bits per heavy atom. The van der Waals surface area contributed by atoms with Crippen molar-refractivity contribution < 1.29 is 4.79 Å². The van der Waals surface area contributed by atoms with Crippen LogP contribution in [0.5, 0.6) is 0 Å². The van der Waals surface area contributed by atoms with Crippen molar-refractivity contribution >= 4 is 5.91 Å².